The number of likely N-dealkylation sites (N-methyl/N-ethyl adjacent to an activating group) is 1. The molecule has 0 rings (SSSR count). The summed E-state index contributed by atoms with van der Waals surface area (Å²) in [6, 6.07) is -0.357. The first-order chi connectivity index (χ1) is 17.0. The van der Waals surface area contributed by atoms with E-state index >= 15 is 0 Å². The molecule has 0 heterocycles. The van der Waals surface area contributed by atoms with Crippen molar-refractivity contribution in [2.75, 3.05) is 32.8 Å². The second-order valence-corrected chi connectivity index (χ2v) is 11.7. The summed E-state index contributed by atoms with van der Waals surface area (Å²) in [5.41, 5.74) is 6.14. The number of nitrogens with two attached hydrogens (primary N) is 1. The summed E-state index contributed by atoms with van der Waals surface area (Å²) in [5.74, 6) is 2.79. The standard InChI is InChI=1S/C27H53N3O3S2/c1-6-7-8-9-10-11-12-13-14-15-16-17-18-26(28)30-25(27(31)33-5)20-22-35-34-21-19-24(29-3)23(2)32-4/h24-25,29H,2,6-22H2,1,3-5H3,(H2,28,30). The molecular formula is C27H53N3O3S2. The Hall–Kier alpha value is -0.860. The van der Waals surface area contributed by atoms with Crippen LogP contribution in [0.25, 0.3) is 0 Å². The maximum atomic E-state index is 12.1. The summed E-state index contributed by atoms with van der Waals surface area (Å²) in [5, 5.41) is 3.21. The summed E-state index contributed by atoms with van der Waals surface area (Å²) < 4.78 is 10.2. The third-order valence-corrected chi connectivity index (χ3v) is 8.60. The number of aliphatic imine (C=N–C) groups is 1. The summed E-state index contributed by atoms with van der Waals surface area (Å²) in [7, 11) is 8.50. The highest BCUT2D eigenvalue weighted by molar-refractivity contribution is 8.76. The largest absolute Gasteiger partial charge is 0.500 e. The van der Waals surface area contributed by atoms with Crippen LogP contribution in [0.1, 0.15) is 103 Å². The zero-order valence-electron chi connectivity index (χ0n) is 22.9. The van der Waals surface area contributed by atoms with Crippen LogP contribution in [0.15, 0.2) is 17.3 Å². The molecule has 3 N–H and O–H groups in total. The molecule has 35 heavy (non-hydrogen) atoms. The molecule has 0 aliphatic rings. The molecule has 0 amide bonds. The van der Waals surface area contributed by atoms with Crippen LogP contribution in [0.2, 0.25) is 0 Å². The first kappa shape index (κ1) is 34.1. The summed E-state index contributed by atoms with van der Waals surface area (Å²) in [6.07, 6.45) is 18.1. The van der Waals surface area contributed by atoms with E-state index in [0.29, 0.717) is 12.3 Å². The zero-order chi connectivity index (χ0) is 26.2. The molecule has 0 fully saturated rings. The molecule has 8 heteroatoms. The van der Waals surface area contributed by atoms with Crippen LogP contribution in [-0.2, 0) is 14.3 Å². The molecule has 0 spiro atoms. The lowest BCUT2D eigenvalue weighted by atomic mass is 10.0. The van der Waals surface area contributed by atoms with Crippen LogP contribution in [0.5, 0.6) is 0 Å². The molecule has 0 bridgehead atoms. The fourth-order valence-electron chi connectivity index (χ4n) is 3.84. The number of carbonyl (C=O) groups excluding carboxylic acids is 1. The van der Waals surface area contributed by atoms with E-state index in [-0.39, 0.29) is 12.0 Å². The predicted octanol–water partition coefficient (Wildman–Crippen LogP) is 6.89. The topological polar surface area (TPSA) is 85.9 Å². The SMILES string of the molecule is C=C(OC)C(CCSSCCC(N=C(N)CCCCCCCCCCCCCC)C(=O)OC)NC. The van der Waals surface area contributed by atoms with Crippen LogP contribution >= 0.6 is 21.6 Å². The Morgan fingerprint density at radius 1 is 0.886 bits per heavy atom. The average Bonchev–Trinajstić information content (AvgIpc) is 2.87. The lowest BCUT2D eigenvalue weighted by Gasteiger charge is -2.17. The van der Waals surface area contributed by atoms with Crippen molar-refractivity contribution >= 4 is 33.4 Å². The number of carbonyl (C=O) groups is 1. The van der Waals surface area contributed by atoms with Gasteiger partial charge < -0.3 is 20.5 Å². The lowest BCUT2D eigenvalue weighted by Crippen LogP contribution is -2.28. The number of rotatable bonds is 25. The molecule has 0 radical (unpaired) electrons. The van der Waals surface area contributed by atoms with E-state index in [1.54, 1.807) is 28.7 Å². The molecule has 2 atom stereocenters. The number of esters is 1. The first-order valence-electron chi connectivity index (χ1n) is 13.5. The van der Waals surface area contributed by atoms with Crippen LogP contribution in [0, 0.1) is 0 Å². The van der Waals surface area contributed by atoms with Crippen molar-refractivity contribution in [3.63, 3.8) is 0 Å². The smallest absolute Gasteiger partial charge is 0.330 e. The summed E-state index contributed by atoms with van der Waals surface area (Å²) >= 11 is 0. The molecule has 0 aromatic rings. The van der Waals surface area contributed by atoms with E-state index < -0.39 is 6.04 Å². The van der Waals surface area contributed by atoms with Gasteiger partial charge in [0.1, 0.15) is 11.8 Å². The van der Waals surface area contributed by atoms with E-state index in [1.165, 1.54) is 77.7 Å². The molecule has 6 nitrogen and oxygen atoms in total. The van der Waals surface area contributed by atoms with Gasteiger partial charge in [-0.25, -0.2) is 4.79 Å². The number of methoxy groups -OCH3 is 2. The molecular weight excluding hydrogens is 478 g/mol. The van der Waals surface area contributed by atoms with Gasteiger partial charge in [-0.3, -0.25) is 4.99 Å². The molecule has 0 aromatic carbocycles. The highest BCUT2D eigenvalue weighted by Crippen LogP contribution is 2.25. The van der Waals surface area contributed by atoms with Gasteiger partial charge in [-0.2, -0.15) is 0 Å². The Labute approximate surface area is 223 Å². The third kappa shape index (κ3) is 19.9. The number of amidine groups is 1. The molecule has 2 unspecified atom stereocenters. The average molecular weight is 532 g/mol. The van der Waals surface area contributed by atoms with Crippen molar-refractivity contribution in [1.29, 1.82) is 0 Å². The van der Waals surface area contributed by atoms with Gasteiger partial charge in [-0.15, -0.1) is 0 Å². The van der Waals surface area contributed by atoms with Crippen molar-refractivity contribution in [3.05, 3.63) is 12.3 Å². The summed E-state index contributed by atoms with van der Waals surface area (Å²) in [6.45, 7) is 6.18. The van der Waals surface area contributed by atoms with Gasteiger partial charge in [0.25, 0.3) is 0 Å². The Kier molecular flexibility index (Phi) is 24.2. The number of hydrogen-bond donors (Lipinski definition) is 2. The Morgan fingerprint density at radius 2 is 1.40 bits per heavy atom. The van der Waals surface area contributed by atoms with Gasteiger partial charge in [0.05, 0.1) is 26.1 Å². The number of nitrogens with one attached hydrogen (secondary N) is 1. The van der Waals surface area contributed by atoms with Crippen LogP contribution < -0.4 is 11.1 Å². The minimum atomic E-state index is -0.510. The fourth-order valence-corrected chi connectivity index (χ4v) is 6.01. The van der Waals surface area contributed by atoms with Crippen molar-refractivity contribution in [2.45, 2.75) is 115 Å². The van der Waals surface area contributed by atoms with E-state index in [9.17, 15) is 4.79 Å². The monoisotopic (exact) mass is 531 g/mol. The second-order valence-electron chi connectivity index (χ2n) is 9.03. The van der Waals surface area contributed by atoms with Crippen molar-refractivity contribution < 1.29 is 14.3 Å². The van der Waals surface area contributed by atoms with Gasteiger partial charge in [-0.1, -0.05) is 106 Å². The minimum absolute atomic E-state index is 0.153. The number of ether oxygens (including phenoxy) is 2. The second kappa shape index (κ2) is 24.8. The highest BCUT2D eigenvalue weighted by atomic mass is 33.1. The van der Waals surface area contributed by atoms with E-state index in [2.05, 4.69) is 23.8 Å². The third-order valence-electron chi connectivity index (χ3n) is 6.13. The van der Waals surface area contributed by atoms with Crippen LogP contribution in [-0.4, -0.2) is 56.7 Å². The highest BCUT2D eigenvalue weighted by Gasteiger charge is 2.18. The van der Waals surface area contributed by atoms with E-state index in [1.807, 2.05) is 7.05 Å². The molecule has 0 aliphatic carbocycles. The molecule has 0 aliphatic heterocycles. The minimum Gasteiger partial charge on any atom is -0.500 e. The lowest BCUT2D eigenvalue weighted by molar-refractivity contribution is -0.142. The van der Waals surface area contributed by atoms with Crippen molar-refractivity contribution in [1.82, 2.24) is 5.32 Å². The van der Waals surface area contributed by atoms with Crippen molar-refractivity contribution in [3.8, 4) is 0 Å². The first-order valence-corrected chi connectivity index (χ1v) is 16.0. The maximum Gasteiger partial charge on any atom is 0.330 e. The number of nitrogens with zero attached hydrogens (tertiary/aromatic N) is 1. The molecule has 0 saturated heterocycles. The Bertz CT molecular complexity index is 562. The number of unbranched alkanes of at least 4 members (excludes halogenated alkanes) is 11. The molecule has 0 saturated carbocycles. The molecule has 206 valence electrons. The Balaban J connectivity index is 4.00. The molecule has 0 aromatic heterocycles. The predicted molar refractivity (Wildman–Crippen MR) is 156 cm³/mol. The van der Waals surface area contributed by atoms with E-state index in [0.717, 1.165) is 36.5 Å². The van der Waals surface area contributed by atoms with Gasteiger partial charge in [0.15, 0.2) is 0 Å². The quantitative estimate of drug-likeness (QED) is 0.0331. The van der Waals surface area contributed by atoms with E-state index in [4.69, 9.17) is 15.2 Å². The number of hydrogen-bond acceptors (Lipinski definition) is 7. The van der Waals surface area contributed by atoms with Gasteiger partial charge >= 0.3 is 5.97 Å². The van der Waals surface area contributed by atoms with Gasteiger partial charge in [0, 0.05) is 17.9 Å². The normalized spacial score (nSPS) is 13.4. The van der Waals surface area contributed by atoms with Crippen LogP contribution in [0.4, 0.5) is 0 Å². The summed E-state index contributed by atoms with van der Waals surface area (Å²) in [4.78, 5) is 16.6. The van der Waals surface area contributed by atoms with Crippen molar-refractivity contribution in [2.24, 2.45) is 10.7 Å². The Morgan fingerprint density at radius 3 is 1.89 bits per heavy atom. The zero-order valence-corrected chi connectivity index (χ0v) is 24.6. The van der Waals surface area contributed by atoms with Gasteiger partial charge in [0.2, 0.25) is 0 Å². The van der Waals surface area contributed by atoms with Crippen LogP contribution in [0.3, 0.4) is 0 Å². The maximum absolute atomic E-state index is 12.1. The fraction of sp³-hybridized carbons (Fsp3) is 0.852. The van der Waals surface area contributed by atoms with Gasteiger partial charge in [-0.05, 0) is 26.3 Å².